The summed E-state index contributed by atoms with van der Waals surface area (Å²) < 4.78 is 0. The van der Waals surface area contributed by atoms with Crippen LogP contribution in [-0.2, 0) is 11.2 Å². The van der Waals surface area contributed by atoms with E-state index in [9.17, 15) is 14.7 Å². The summed E-state index contributed by atoms with van der Waals surface area (Å²) in [7, 11) is 0. The highest BCUT2D eigenvalue weighted by Gasteiger charge is 2.49. The van der Waals surface area contributed by atoms with E-state index in [-0.39, 0.29) is 6.03 Å². The number of H-pyrrole nitrogens is 1. The van der Waals surface area contributed by atoms with Gasteiger partial charge in [0.05, 0.1) is 0 Å². The first-order chi connectivity index (χ1) is 10.1. The van der Waals surface area contributed by atoms with Crippen molar-refractivity contribution in [2.75, 3.05) is 13.1 Å². The molecule has 1 aromatic rings. The van der Waals surface area contributed by atoms with Gasteiger partial charge in [-0.05, 0) is 19.3 Å². The molecule has 0 radical (unpaired) electrons. The number of nitrogens with one attached hydrogen (secondary N) is 2. The molecule has 2 amide bonds. The maximum Gasteiger partial charge on any atom is 0.329 e. The molecule has 21 heavy (non-hydrogen) atoms. The topological polar surface area (TPSA) is 111 Å². The van der Waals surface area contributed by atoms with Gasteiger partial charge in [-0.2, -0.15) is 5.10 Å². The molecule has 116 valence electrons. The van der Waals surface area contributed by atoms with E-state index in [0.29, 0.717) is 38.2 Å². The van der Waals surface area contributed by atoms with Gasteiger partial charge in [0.1, 0.15) is 17.7 Å². The molecule has 1 aliphatic rings. The number of hydrogen-bond acceptors (Lipinski definition) is 4. The number of hydrogen-bond donors (Lipinski definition) is 3. The van der Waals surface area contributed by atoms with E-state index in [2.05, 4.69) is 20.5 Å². The number of aliphatic carboxylic acids is 1. The fraction of sp³-hybridized carbons (Fsp3) is 0.692. The van der Waals surface area contributed by atoms with Crippen LogP contribution in [0.1, 0.15) is 38.4 Å². The monoisotopic (exact) mass is 295 g/mol. The second-order valence-electron chi connectivity index (χ2n) is 5.26. The zero-order valence-electron chi connectivity index (χ0n) is 12.1. The lowest BCUT2D eigenvalue weighted by Crippen LogP contribution is -2.56. The van der Waals surface area contributed by atoms with Crippen molar-refractivity contribution in [2.45, 2.75) is 44.6 Å². The van der Waals surface area contributed by atoms with Crippen LogP contribution in [-0.4, -0.2) is 55.8 Å². The summed E-state index contributed by atoms with van der Waals surface area (Å²) in [4.78, 5) is 29.4. The van der Waals surface area contributed by atoms with Crippen LogP contribution in [0, 0.1) is 0 Å². The number of carboxylic acid groups (broad SMARTS) is 1. The van der Waals surface area contributed by atoms with Gasteiger partial charge < -0.3 is 15.3 Å². The second kappa shape index (κ2) is 6.55. The maximum atomic E-state index is 12.3. The molecule has 0 spiro atoms. The van der Waals surface area contributed by atoms with Gasteiger partial charge in [-0.15, -0.1) is 0 Å². The number of likely N-dealkylation sites (tertiary alicyclic amines) is 1. The SMILES string of the molecule is CCCC1(C(=O)O)CCCN1C(=O)NCCc1ncn[nH]1. The zero-order chi connectivity index (χ0) is 15.3. The second-order valence-corrected chi connectivity index (χ2v) is 5.26. The van der Waals surface area contributed by atoms with E-state index in [4.69, 9.17) is 0 Å². The van der Waals surface area contributed by atoms with E-state index in [1.54, 1.807) is 0 Å². The number of aromatic nitrogens is 3. The Morgan fingerprint density at radius 3 is 3.00 bits per heavy atom. The molecule has 2 heterocycles. The Morgan fingerprint density at radius 1 is 1.57 bits per heavy atom. The Bertz CT molecular complexity index is 490. The summed E-state index contributed by atoms with van der Waals surface area (Å²) in [6.07, 6.45) is 4.40. The van der Waals surface area contributed by atoms with Gasteiger partial charge in [-0.3, -0.25) is 5.10 Å². The van der Waals surface area contributed by atoms with Crippen molar-refractivity contribution in [3.8, 4) is 0 Å². The Morgan fingerprint density at radius 2 is 2.38 bits per heavy atom. The molecule has 0 aromatic carbocycles. The van der Waals surface area contributed by atoms with Gasteiger partial charge in [0.2, 0.25) is 0 Å². The summed E-state index contributed by atoms with van der Waals surface area (Å²) in [6.45, 7) is 2.82. The van der Waals surface area contributed by atoms with Crippen LogP contribution in [0.15, 0.2) is 6.33 Å². The van der Waals surface area contributed by atoms with Crippen LogP contribution in [0.3, 0.4) is 0 Å². The summed E-state index contributed by atoms with van der Waals surface area (Å²) in [5, 5.41) is 18.8. The number of amides is 2. The minimum absolute atomic E-state index is 0.317. The van der Waals surface area contributed by atoms with Gasteiger partial charge in [-0.1, -0.05) is 13.3 Å². The summed E-state index contributed by atoms with van der Waals surface area (Å²) >= 11 is 0. The minimum atomic E-state index is -1.05. The van der Waals surface area contributed by atoms with Crippen LogP contribution in [0.4, 0.5) is 4.79 Å². The smallest absolute Gasteiger partial charge is 0.329 e. The van der Waals surface area contributed by atoms with Gasteiger partial charge in [0, 0.05) is 19.5 Å². The van der Waals surface area contributed by atoms with E-state index in [1.165, 1.54) is 11.2 Å². The zero-order valence-corrected chi connectivity index (χ0v) is 12.1. The highest BCUT2D eigenvalue weighted by atomic mass is 16.4. The van der Waals surface area contributed by atoms with Gasteiger partial charge in [-0.25, -0.2) is 14.6 Å². The molecule has 0 saturated carbocycles. The predicted molar refractivity (Wildman–Crippen MR) is 74.7 cm³/mol. The molecule has 8 heteroatoms. The third-order valence-corrected chi connectivity index (χ3v) is 3.90. The van der Waals surface area contributed by atoms with Crippen molar-refractivity contribution in [2.24, 2.45) is 0 Å². The number of carboxylic acids is 1. The molecule has 3 N–H and O–H groups in total. The molecule has 1 fully saturated rings. The Labute approximate surface area is 122 Å². The minimum Gasteiger partial charge on any atom is -0.479 e. The lowest BCUT2D eigenvalue weighted by atomic mass is 9.91. The summed E-state index contributed by atoms with van der Waals surface area (Å²) in [5.41, 5.74) is -1.05. The van der Waals surface area contributed by atoms with Crippen LogP contribution < -0.4 is 5.32 Å². The normalized spacial score (nSPS) is 21.5. The van der Waals surface area contributed by atoms with Crippen molar-refractivity contribution in [1.82, 2.24) is 25.4 Å². The molecule has 1 atom stereocenters. The summed E-state index contributed by atoms with van der Waals surface area (Å²) in [6, 6.07) is -0.317. The largest absolute Gasteiger partial charge is 0.479 e. The van der Waals surface area contributed by atoms with Crippen molar-refractivity contribution in [3.05, 3.63) is 12.2 Å². The Kier molecular flexibility index (Phi) is 4.77. The van der Waals surface area contributed by atoms with E-state index in [1.807, 2.05) is 6.92 Å². The first-order valence-corrected chi connectivity index (χ1v) is 7.23. The quantitative estimate of drug-likeness (QED) is 0.718. The van der Waals surface area contributed by atoms with Crippen LogP contribution in [0.5, 0.6) is 0 Å². The van der Waals surface area contributed by atoms with Crippen LogP contribution >= 0.6 is 0 Å². The van der Waals surface area contributed by atoms with E-state index < -0.39 is 11.5 Å². The molecular formula is C13H21N5O3. The van der Waals surface area contributed by atoms with Gasteiger partial charge in [0.15, 0.2) is 0 Å². The number of carbonyl (C=O) groups excluding carboxylic acids is 1. The molecular weight excluding hydrogens is 274 g/mol. The Hall–Kier alpha value is -2.12. The highest BCUT2D eigenvalue weighted by Crippen LogP contribution is 2.33. The van der Waals surface area contributed by atoms with Gasteiger partial charge in [0.25, 0.3) is 0 Å². The number of aromatic amines is 1. The maximum absolute atomic E-state index is 12.3. The molecule has 1 aromatic heterocycles. The van der Waals surface area contributed by atoms with E-state index >= 15 is 0 Å². The lowest BCUT2D eigenvalue weighted by Gasteiger charge is -2.34. The van der Waals surface area contributed by atoms with Crippen molar-refractivity contribution in [1.29, 1.82) is 0 Å². The number of rotatable bonds is 6. The Balaban J connectivity index is 1.95. The number of urea groups is 1. The average Bonchev–Trinajstić information content (AvgIpc) is 3.08. The highest BCUT2D eigenvalue weighted by molar-refractivity contribution is 5.87. The van der Waals surface area contributed by atoms with Crippen molar-refractivity contribution in [3.63, 3.8) is 0 Å². The number of nitrogens with zero attached hydrogens (tertiary/aromatic N) is 3. The fourth-order valence-electron chi connectivity index (χ4n) is 2.91. The summed E-state index contributed by atoms with van der Waals surface area (Å²) in [5.74, 6) is -0.220. The van der Waals surface area contributed by atoms with E-state index in [0.717, 1.165) is 12.8 Å². The molecule has 0 bridgehead atoms. The predicted octanol–water partition coefficient (Wildman–Crippen LogP) is 0.776. The molecule has 0 aliphatic carbocycles. The molecule has 2 rings (SSSR count). The first-order valence-electron chi connectivity index (χ1n) is 7.23. The standard InChI is InChI=1S/C13H21N5O3/c1-2-5-13(11(19)20)6-3-8-18(13)12(21)14-7-4-10-15-9-16-17-10/h9H,2-8H2,1H3,(H,14,21)(H,19,20)(H,15,16,17). The van der Waals surface area contributed by atoms with Crippen molar-refractivity contribution >= 4 is 12.0 Å². The van der Waals surface area contributed by atoms with Crippen LogP contribution in [0.2, 0.25) is 0 Å². The third kappa shape index (κ3) is 3.14. The molecule has 1 unspecified atom stereocenters. The molecule has 1 saturated heterocycles. The van der Waals surface area contributed by atoms with Gasteiger partial charge >= 0.3 is 12.0 Å². The first kappa shape index (κ1) is 15.3. The van der Waals surface area contributed by atoms with Crippen molar-refractivity contribution < 1.29 is 14.7 Å². The fourth-order valence-corrected chi connectivity index (χ4v) is 2.91. The molecule has 8 nitrogen and oxygen atoms in total. The average molecular weight is 295 g/mol. The van der Waals surface area contributed by atoms with Crippen LogP contribution in [0.25, 0.3) is 0 Å². The molecule has 1 aliphatic heterocycles. The third-order valence-electron chi connectivity index (χ3n) is 3.90. The lowest BCUT2D eigenvalue weighted by molar-refractivity contribution is -0.148. The number of carbonyl (C=O) groups is 2.